The van der Waals surface area contributed by atoms with Gasteiger partial charge in [0.15, 0.2) is 5.60 Å². The number of morpholine rings is 1. The van der Waals surface area contributed by atoms with E-state index in [4.69, 9.17) is 4.74 Å². The monoisotopic (exact) mass is 342 g/mol. The van der Waals surface area contributed by atoms with Crippen LogP contribution in [0.3, 0.4) is 0 Å². The maximum Gasteiger partial charge on any atom is 0.257 e. The summed E-state index contributed by atoms with van der Waals surface area (Å²) in [5.41, 5.74) is 0.172. The fraction of sp³-hybridized carbons (Fsp3) is 0.600. The van der Waals surface area contributed by atoms with E-state index in [0.29, 0.717) is 32.2 Å². The molecule has 0 N–H and O–H groups in total. The molecule has 2 saturated heterocycles. The van der Waals surface area contributed by atoms with Gasteiger partial charge in [-0.15, -0.1) is 0 Å². The van der Waals surface area contributed by atoms with Crippen molar-refractivity contribution in [2.75, 3.05) is 33.3 Å². The van der Waals surface area contributed by atoms with Crippen molar-refractivity contribution in [1.82, 2.24) is 9.80 Å². The fourth-order valence-electron chi connectivity index (χ4n) is 4.67. The zero-order valence-electron chi connectivity index (χ0n) is 15.0. The van der Waals surface area contributed by atoms with Crippen molar-refractivity contribution in [2.45, 2.75) is 31.3 Å². The van der Waals surface area contributed by atoms with Crippen LogP contribution < -0.4 is 0 Å². The van der Waals surface area contributed by atoms with Crippen molar-refractivity contribution < 1.29 is 14.3 Å². The third-order valence-corrected chi connectivity index (χ3v) is 6.11. The van der Waals surface area contributed by atoms with Crippen molar-refractivity contribution in [1.29, 1.82) is 0 Å². The van der Waals surface area contributed by atoms with Gasteiger partial charge in [0.05, 0.1) is 13.2 Å². The lowest BCUT2D eigenvalue weighted by Crippen LogP contribution is -2.60. The molecule has 2 aliphatic heterocycles. The highest BCUT2D eigenvalue weighted by Crippen LogP contribution is 2.42. The molecule has 2 atom stereocenters. The van der Waals surface area contributed by atoms with E-state index >= 15 is 0 Å². The Morgan fingerprint density at radius 1 is 1.24 bits per heavy atom. The maximum absolute atomic E-state index is 13.0. The topological polar surface area (TPSA) is 49.9 Å². The quantitative estimate of drug-likeness (QED) is 0.825. The number of likely N-dealkylation sites (tertiary alicyclic amines) is 1. The van der Waals surface area contributed by atoms with Gasteiger partial charge in [0.1, 0.15) is 0 Å². The van der Waals surface area contributed by atoms with Crippen LogP contribution >= 0.6 is 0 Å². The normalized spacial score (nSPS) is 35.1. The summed E-state index contributed by atoms with van der Waals surface area (Å²) in [6.45, 7) is 4.21. The van der Waals surface area contributed by atoms with Crippen LogP contribution in [-0.2, 0) is 14.3 Å². The van der Waals surface area contributed by atoms with Crippen molar-refractivity contribution in [3.8, 4) is 0 Å². The molecule has 0 bridgehead atoms. The van der Waals surface area contributed by atoms with Gasteiger partial charge in [0, 0.05) is 32.0 Å². The number of carbonyl (C=O) groups excluding carboxylic acids is 2. The SMILES string of the molecule is CC1CC(C(=O)N2CCOC3(C2)C(=O)N(C)CC3c2ccccc2)C1. The van der Waals surface area contributed by atoms with Gasteiger partial charge < -0.3 is 14.5 Å². The summed E-state index contributed by atoms with van der Waals surface area (Å²) in [6.07, 6.45) is 1.94. The molecule has 1 spiro atoms. The van der Waals surface area contributed by atoms with Crippen molar-refractivity contribution >= 4 is 11.8 Å². The Labute approximate surface area is 148 Å². The summed E-state index contributed by atoms with van der Waals surface area (Å²) in [6, 6.07) is 10.1. The molecule has 5 nitrogen and oxygen atoms in total. The molecule has 0 aromatic heterocycles. The average molecular weight is 342 g/mol. The molecule has 25 heavy (non-hydrogen) atoms. The number of ether oxygens (including phenoxy) is 1. The molecular weight excluding hydrogens is 316 g/mol. The fourth-order valence-corrected chi connectivity index (χ4v) is 4.67. The van der Waals surface area contributed by atoms with E-state index in [9.17, 15) is 9.59 Å². The maximum atomic E-state index is 13.0. The molecular formula is C20H26N2O3. The van der Waals surface area contributed by atoms with Crippen LogP contribution in [-0.4, -0.2) is 60.5 Å². The van der Waals surface area contributed by atoms with Crippen molar-refractivity contribution in [3.63, 3.8) is 0 Å². The number of rotatable bonds is 2. The first-order valence-corrected chi connectivity index (χ1v) is 9.24. The molecule has 4 rings (SSSR count). The van der Waals surface area contributed by atoms with Gasteiger partial charge in [-0.2, -0.15) is 0 Å². The molecule has 2 heterocycles. The predicted molar refractivity (Wildman–Crippen MR) is 94.0 cm³/mol. The second-order valence-electron chi connectivity index (χ2n) is 7.92. The summed E-state index contributed by atoms with van der Waals surface area (Å²) in [7, 11) is 1.82. The van der Waals surface area contributed by atoms with Gasteiger partial charge in [-0.1, -0.05) is 37.3 Å². The minimum absolute atomic E-state index is 0.000769. The minimum atomic E-state index is -0.931. The summed E-state index contributed by atoms with van der Waals surface area (Å²) < 4.78 is 6.12. The van der Waals surface area contributed by atoms with Crippen LogP contribution in [0.1, 0.15) is 31.2 Å². The second kappa shape index (κ2) is 6.13. The van der Waals surface area contributed by atoms with E-state index in [2.05, 4.69) is 19.1 Å². The lowest BCUT2D eigenvalue weighted by Gasteiger charge is -2.44. The number of hydrogen-bond acceptors (Lipinski definition) is 3. The molecule has 1 aromatic rings. The van der Waals surface area contributed by atoms with E-state index in [0.717, 1.165) is 18.4 Å². The Morgan fingerprint density at radius 2 is 1.96 bits per heavy atom. The number of hydrogen-bond donors (Lipinski definition) is 0. The van der Waals surface area contributed by atoms with Crippen LogP contribution in [0.5, 0.6) is 0 Å². The molecule has 2 unspecified atom stereocenters. The van der Waals surface area contributed by atoms with Crippen molar-refractivity contribution in [3.05, 3.63) is 35.9 Å². The summed E-state index contributed by atoms with van der Waals surface area (Å²) >= 11 is 0. The number of amides is 2. The van der Waals surface area contributed by atoms with E-state index < -0.39 is 5.60 Å². The Hall–Kier alpha value is -1.88. The number of benzene rings is 1. The van der Waals surface area contributed by atoms with Crippen LogP contribution in [0, 0.1) is 11.8 Å². The van der Waals surface area contributed by atoms with Gasteiger partial charge in [0.2, 0.25) is 5.91 Å². The highest BCUT2D eigenvalue weighted by Gasteiger charge is 2.57. The van der Waals surface area contributed by atoms with Gasteiger partial charge in [0.25, 0.3) is 5.91 Å². The van der Waals surface area contributed by atoms with Crippen LogP contribution in [0.2, 0.25) is 0 Å². The third kappa shape index (κ3) is 2.65. The van der Waals surface area contributed by atoms with Crippen LogP contribution in [0.15, 0.2) is 30.3 Å². The smallest absolute Gasteiger partial charge is 0.257 e. The Kier molecular flexibility index (Phi) is 4.07. The van der Waals surface area contributed by atoms with E-state index in [1.54, 1.807) is 4.90 Å². The van der Waals surface area contributed by atoms with Gasteiger partial charge in [-0.05, 0) is 24.3 Å². The highest BCUT2D eigenvalue weighted by molar-refractivity contribution is 5.91. The Bertz CT molecular complexity index is 671. The van der Waals surface area contributed by atoms with Gasteiger partial charge >= 0.3 is 0 Å². The summed E-state index contributed by atoms with van der Waals surface area (Å²) in [5.74, 6) is 0.938. The van der Waals surface area contributed by atoms with Crippen LogP contribution in [0.25, 0.3) is 0 Å². The van der Waals surface area contributed by atoms with E-state index in [1.807, 2.05) is 30.1 Å². The zero-order chi connectivity index (χ0) is 17.6. The highest BCUT2D eigenvalue weighted by atomic mass is 16.5. The number of likely N-dealkylation sites (N-methyl/N-ethyl adjacent to an activating group) is 1. The molecule has 1 aliphatic carbocycles. The van der Waals surface area contributed by atoms with Gasteiger partial charge in [-0.3, -0.25) is 9.59 Å². The van der Waals surface area contributed by atoms with Crippen molar-refractivity contribution in [2.24, 2.45) is 11.8 Å². The largest absolute Gasteiger partial charge is 0.361 e. The lowest BCUT2D eigenvalue weighted by molar-refractivity contribution is -0.170. The first kappa shape index (κ1) is 16.6. The molecule has 0 radical (unpaired) electrons. The van der Waals surface area contributed by atoms with Gasteiger partial charge in [-0.25, -0.2) is 0 Å². The van der Waals surface area contributed by atoms with Crippen LogP contribution in [0.4, 0.5) is 0 Å². The standard InChI is InChI=1S/C20H26N2O3/c1-14-10-16(11-14)18(23)22-8-9-25-20(13-22)17(12-21(2)19(20)24)15-6-4-3-5-7-15/h3-7,14,16-17H,8-13H2,1-2H3. The first-order chi connectivity index (χ1) is 12.0. The molecule has 3 fully saturated rings. The molecule has 134 valence electrons. The number of nitrogens with zero attached hydrogens (tertiary/aromatic N) is 2. The summed E-state index contributed by atoms with van der Waals surface area (Å²) in [5, 5.41) is 0. The lowest BCUT2D eigenvalue weighted by atomic mass is 9.75. The molecule has 1 saturated carbocycles. The summed E-state index contributed by atoms with van der Waals surface area (Å²) in [4.78, 5) is 29.5. The predicted octanol–water partition coefficient (Wildman–Crippen LogP) is 1.89. The first-order valence-electron chi connectivity index (χ1n) is 9.24. The second-order valence-corrected chi connectivity index (χ2v) is 7.92. The average Bonchev–Trinajstić information content (AvgIpc) is 2.84. The minimum Gasteiger partial charge on any atom is -0.361 e. The van der Waals surface area contributed by atoms with E-state index in [-0.39, 0.29) is 23.7 Å². The Balaban J connectivity index is 1.61. The zero-order valence-corrected chi connectivity index (χ0v) is 15.0. The number of carbonyl (C=O) groups is 2. The molecule has 2 amide bonds. The molecule has 3 aliphatic rings. The molecule has 5 heteroatoms. The molecule has 1 aromatic carbocycles. The Morgan fingerprint density at radius 3 is 2.64 bits per heavy atom. The van der Waals surface area contributed by atoms with E-state index in [1.165, 1.54) is 0 Å². The third-order valence-electron chi connectivity index (χ3n) is 6.11.